The number of anilines is 2. The van der Waals surface area contributed by atoms with E-state index in [4.69, 9.17) is 15.2 Å². The molecule has 0 aliphatic carbocycles. The Hall–Kier alpha value is -3.14. The number of carbonyl (C=O) groups excluding carboxylic acids is 1. The molecule has 0 radical (unpaired) electrons. The van der Waals surface area contributed by atoms with Crippen LogP contribution in [-0.4, -0.2) is 41.8 Å². The van der Waals surface area contributed by atoms with Crippen molar-refractivity contribution in [1.82, 2.24) is 9.78 Å². The van der Waals surface area contributed by atoms with E-state index in [9.17, 15) is 14.0 Å². The molecule has 0 unspecified atom stereocenters. The summed E-state index contributed by atoms with van der Waals surface area (Å²) in [5, 5.41) is 6.88. The monoisotopic (exact) mass is 433 g/mol. The van der Waals surface area contributed by atoms with Gasteiger partial charge in [-0.05, 0) is 45.0 Å². The maximum atomic E-state index is 13.3. The van der Waals surface area contributed by atoms with Crippen LogP contribution in [0.5, 0.6) is 5.75 Å². The summed E-state index contributed by atoms with van der Waals surface area (Å²) in [5.41, 5.74) is 5.25. The van der Waals surface area contributed by atoms with Crippen molar-refractivity contribution in [3.05, 3.63) is 40.0 Å². The second kappa shape index (κ2) is 8.31. The van der Waals surface area contributed by atoms with Crippen molar-refractivity contribution in [3.63, 3.8) is 0 Å². The summed E-state index contributed by atoms with van der Waals surface area (Å²) in [7, 11) is 1.53. The number of amides is 1. The SMILES string of the molecule is COc1ccc(-n2nc(N(CC[18F])C(=O)OC(C)(C)C)c3csc(N)c3c2=O)cc1. The van der Waals surface area contributed by atoms with E-state index >= 15 is 0 Å². The molecule has 0 saturated heterocycles. The predicted octanol–water partition coefficient (Wildman–Crippen LogP) is 3.75. The first-order valence-electron chi connectivity index (χ1n) is 9.17. The number of hydrogen-bond donors (Lipinski definition) is 1. The second-order valence-electron chi connectivity index (χ2n) is 7.45. The van der Waals surface area contributed by atoms with Gasteiger partial charge in [-0.3, -0.25) is 9.69 Å². The summed E-state index contributed by atoms with van der Waals surface area (Å²) in [6.45, 7) is 4.03. The molecule has 2 heterocycles. The normalized spacial score (nSPS) is 11.5. The average molecular weight is 433 g/mol. The molecular formula is C20H23FN4O4S. The Morgan fingerprint density at radius 2 is 1.97 bits per heavy atom. The molecule has 3 rings (SSSR count). The molecule has 0 aliphatic rings. The minimum Gasteiger partial charge on any atom is -0.497 e. The number of thiophene rings is 1. The van der Waals surface area contributed by atoms with Crippen molar-refractivity contribution in [2.24, 2.45) is 0 Å². The van der Waals surface area contributed by atoms with Gasteiger partial charge in [-0.1, -0.05) is 0 Å². The molecule has 0 atom stereocenters. The summed E-state index contributed by atoms with van der Waals surface area (Å²) in [4.78, 5) is 26.9. The van der Waals surface area contributed by atoms with Crippen LogP contribution < -0.4 is 20.9 Å². The first kappa shape index (κ1) is 21.6. The van der Waals surface area contributed by atoms with Crippen LogP contribution in [-0.2, 0) is 4.74 Å². The van der Waals surface area contributed by atoms with Crippen LogP contribution in [0.4, 0.5) is 20.0 Å². The molecule has 0 spiro atoms. The third-order valence-corrected chi connectivity index (χ3v) is 4.97. The number of nitrogens with zero attached hydrogens (tertiary/aromatic N) is 3. The topological polar surface area (TPSA) is 99.7 Å². The molecule has 1 aromatic carbocycles. The fourth-order valence-corrected chi connectivity index (χ4v) is 3.62. The Bertz CT molecular complexity index is 1120. The fourth-order valence-electron chi connectivity index (χ4n) is 2.84. The quantitative estimate of drug-likeness (QED) is 0.658. The van der Waals surface area contributed by atoms with E-state index in [0.29, 0.717) is 16.8 Å². The standard InChI is InChI=1S/C20H23FN4O4S/c1-20(2,3)29-19(27)24(10-9-21)17-14-11-30-16(22)15(14)18(26)25(23-17)12-5-7-13(28-4)8-6-12/h5-8,11H,9-10,22H2,1-4H3/i21-1. The number of ether oxygens (including phenoxy) is 2. The summed E-state index contributed by atoms with van der Waals surface area (Å²) >= 11 is 1.15. The smallest absolute Gasteiger partial charge is 0.416 e. The highest BCUT2D eigenvalue weighted by Crippen LogP contribution is 2.32. The summed E-state index contributed by atoms with van der Waals surface area (Å²) in [6.07, 6.45) is -0.765. The van der Waals surface area contributed by atoms with Crippen LogP contribution in [0.1, 0.15) is 20.8 Å². The molecular weight excluding hydrogens is 410 g/mol. The minimum atomic E-state index is -0.816. The highest BCUT2D eigenvalue weighted by atomic mass is 32.1. The molecule has 0 bridgehead atoms. The largest absolute Gasteiger partial charge is 0.497 e. The van der Waals surface area contributed by atoms with Crippen molar-refractivity contribution in [2.45, 2.75) is 26.4 Å². The minimum absolute atomic E-state index is 0.0975. The van der Waals surface area contributed by atoms with Crippen LogP contribution in [0, 0.1) is 0 Å². The molecule has 30 heavy (non-hydrogen) atoms. The Labute approximate surface area is 176 Å². The number of alkyl halides is 1. The van der Waals surface area contributed by atoms with Crippen LogP contribution in [0.25, 0.3) is 16.5 Å². The van der Waals surface area contributed by atoms with Gasteiger partial charge in [0.05, 0.1) is 29.7 Å². The van der Waals surface area contributed by atoms with E-state index in [0.717, 1.165) is 20.9 Å². The molecule has 2 N–H and O–H groups in total. The highest BCUT2D eigenvalue weighted by molar-refractivity contribution is 7.15. The van der Waals surface area contributed by atoms with E-state index in [-0.39, 0.29) is 22.7 Å². The van der Waals surface area contributed by atoms with Gasteiger partial charge in [0.25, 0.3) is 5.56 Å². The first-order valence-corrected chi connectivity index (χ1v) is 10.0. The number of nitrogens with two attached hydrogens (primary N) is 1. The number of rotatable bonds is 5. The number of nitrogen functional groups attached to an aromatic ring is 1. The molecule has 1 amide bonds. The van der Waals surface area contributed by atoms with E-state index < -0.39 is 23.9 Å². The van der Waals surface area contributed by atoms with E-state index in [2.05, 4.69) is 5.10 Å². The lowest BCUT2D eigenvalue weighted by molar-refractivity contribution is 0.0577. The molecule has 0 aliphatic heterocycles. The summed E-state index contributed by atoms with van der Waals surface area (Å²) < 4.78 is 25.0. The predicted molar refractivity (Wildman–Crippen MR) is 116 cm³/mol. The van der Waals surface area contributed by atoms with Crippen molar-refractivity contribution in [1.29, 1.82) is 0 Å². The number of carbonyl (C=O) groups is 1. The van der Waals surface area contributed by atoms with Crippen molar-refractivity contribution in [2.75, 3.05) is 31.0 Å². The number of methoxy groups -OCH3 is 1. The van der Waals surface area contributed by atoms with E-state index in [1.165, 1.54) is 7.11 Å². The molecule has 2 aromatic heterocycles. The number of hydrogen-bond acceptors (Lipinski definition) is 7. The summed E-state index contributed by atoms with van der Waals surface area (Å²) in [6, 6.07) is 6.66. The Morgan fingerprint density at radius 3 is 2.53 bits per heavy atom. The summed E-state index contributed by atoms with van der Waals surface area (Å²) in [5.74, 6) is 0.705. The van der Waals surface area contributed by atoms with Crippen LogP contribution in [0.3, 0.4) is 0 Å². The Morgan fingerprint density at radius 1 is 1.30 bits per heavy atom. The van der Waals surface area contributed by atoms with E-state index in [1.807, 2.05) is 0 Å². The van der Waals surface area contributed by atoms with Crippen molar-refractivity contribution < 1.29 is 18.7 Å². The number of fused-ring (bicyclic) bond motifs is 1. The highest BCUT2D eigenvalue weighted by Gasteiger charge is 2.28. The maximum absolute atomic E-state index is 13.3. The lowest BCUT2D eigenvalue weighted by Gasteiger charge is -2.26. The number of aromatic nitrogens is 2. The molecule has 0 saturated carbocycles. The van der Waals surface area contributed by atoms with Gasteiger partial charge in [-0.25, -0.2) is 9.18 Å². The van der Waals surface area contributed by atoms with Crippen LogP contribution in [0.15, 0.2) is 34.4 Å². The van der Waals surface area contributed by atoms with Gasteiger partial charge in [0, 0.05) is 10.8 Å². The van der Waals surface area contributed by atoms with Crippen LogP contribution >= 0.6 is 11.3 Å². The Balaban J connectivity index is 2.23. The number of halogens is 1. The molecule has 8 nitrogen and oxygen atoms in total. The van der Waals surface area contributed by atoms with Crippen LogP contribution in [0.2, 0.25) is 0 Å². The van der Waals surface area contributed by atoms with Gasteiger partial charge < -0.3 is 15.2 Å². The number of benzene rings is 1. The van der Waals surface area contributed by atoms with Crippen molar-refractivity contribution in [3.8, 4) is 11.4 Å². The fraction of sp³-hybridized carbons (Fsp3) is 0.350. The molecule has 0 fully saturated rings. The van der Waals surface area contributed by atoms with Gasteiger partial charge in [0.1, 0.15) is 18.0 Å². The third-order valence-electron chi connectivity index (χ3n) is 4.16. The lowest BCUT2D eigenvalue weighted by Crippen LogP contribution is -2.40. The van der Waals surface area contributed by atoms with Gasteiger partial charge in [0.15, 0.2) is 5.82 Å². The van der Waals surface area contributed by atoms with Gasteiger partial charge in [-0.15, -0.1) is 16.4 Å². The maximum Gasteiger partial charge on any atom is 0.416 e. The van der Waals surface area contributed by atoms with Gasteiger partial charge >= 0.3 is 6.09 Å². The first-order chi connectivity index (χ1) is 14.2. The zero-order valence-corrected chi connectivity index (χ0v) is 18.0. The van der Waals surface area contributed by atoms with E-state index in [1.54, 1.807) is 50.4 Å². The second-order valence-corrected chi connectivity index (χ2v) is 8.36. The van der Waals surface area contributed by atoms with Gasteiger partial charge in [-0.2, -0.15) is 4.68 Å². The van der Waals surface area contributed by atoms with Crippen molar-refractivity contribution >= 4 is 39.0 Å². The zero-order chi connectivity index (χ0) is 22.1. The molecule has 160 valence electrons. The third kappa shape index (κ3) is 4.23. The average Bonchev–Trinajstić information content (AvgIpc) is 3.08. The molecule has 10 heteroatoms. The van der Waals surface area contributed by atoms with Gasteiger partial charge in [0.2, 0.25) is 0 Å². The zero-order valence-electron chi connectivity index (χ0n) is 17.1. The lowest BCUT2D eigenvalue weighted by atomic mass is 10.2. The Kier molecular flexibility index (Phi) is 5.97. The molecule has 3 aromatic rings.